The molecule has 166 valence electrons. The van der Waals surface area contributed by atoms with Crippen molar-refractivity contribution >= 4 is 28.6 Å². The Hall–Kier alpha value is -3.53. The van der Waals surface area contributed by atoms with Gasteiger partial charge in [0.25, 0.3) is 5.95 Å². The van der Waals surface area contributed by atoms with Gasteiger partial charge in [0.15, 0.2) is 0 Å². The summed E-state index contributed by atoms with van der Waals surface area (Å²) in [4.78, 5) is 20.9. The maximum atomic E-state index is 14.6. The molecule has 0 aliphatic carbocycles. The van der Waals surface area contributed by atoms with Crippen LogP contribution in [0.1, 0.15) is 42.2 Å². The van der Waals surface area contributed by atoms with Crippen molar-refractivity contribution in [2.24, 2.45) is 0 Å². The highest BCUT2D eigenvalue weighted by Crippen LogP contribution is 2.32. The van der Waals surface area contributed by atoms with Crippen LogP contribution in [0.4, 0.5) is 4.39 Å². The number of nitrogens with zero attached hydrogens (tertiary/aromatic N) is 6. The summed E-state index contributed by atoms with van der Waals surface area (Å²) in [5.74, 6) is -0.485. The Kier molecular flexibility index (Phi) is 6.04. The highest BCUT2D eigenvalue weighted by Gasteiger charge is 2.23. The van der Waals surface area contributed by atoms with Crippen LogP contribution in [0.15, 0.2) is 36.8 Å². The first-order valence-corrected chi connectivity index (χ1v) is 10.3. The summed E-state index contributed by atoms with van der Waals surface area (Å²) in [6, 6.07) is 4.13. The molecule has 1 unspecified atom stereocenters. The summed E-state index contributed by atoms with van der Waals surface area (Å²) in [5, 5.41) is 8.90. The van der Waals surface area contributed by atoms with E-state index in [1.165, 1.54) is 30.3 Å². The average Bonchev–Trinajstić information content (AvgIpc) is 3.43. The number of methoxy groups -OCH3 is 1. The van der Waals surface area contributed by atoms with Gasteiger partial charge in [-0.3, -0.25) is 4.68 Å². The van der Waals surface area contributed by atoms with Crippen molar-refractivity contribution in [1.29, 1.82) is 0 Å². The topological polar surface area (TPSA) is 97.0 Å². The smallest absolute Gasteiger partial charge is 0.341 e. The van der Waals surface area contributed by atoms with E-state index >= 15 is 0 Å². The molecule has 1 atom stereocenters. The fourth-order valence-electron chi connectivity index (χ4n) is 3.45. The zero-order valence-corrected chi connectivity index (χ0v) is 18.4. The molecule has 0 bridgehead atoms. The van der Waals surface area contributed by atoms with Crippen LogP contribution >= 0.6 is 11.6 Å². The molecule has 0 spiro atoms. The fraction of sp³-hybridized carbons (Fsp3) is 0.286. The minimum atomic E-state index is -0.490. The highest BCUT2D eigenvalue weighted by atomic mass is 35.5. The van der Waals surface area contributed by atoms with Gasteiger partial charge >= 0.3 is 5.97 Å². The summed E-state index contributed by atoms with van der Waals surface area (Å²) in [6.07, 6.45) is 4.95. The normalized spacial score (nSPS) is 12.2. The second-order valence-electron chi connectivity index (χ2n) is 6.84. The van der Waals surface area contributed by atoms with Crippen LogP contribution < -0.4 is 4.74 Å². The van der Waals surface area contributed by atoms with E-state index in [9.17, 15) is 9.18 Å². The van der Waals surface area contributed by atoms with Gasteiger partial charge < -0.3 is 9.47 Å². The summed E-state index contributed by atoms with van der Waals surface area (Å²) >= 11 is 5.91. The zero-order valence-electron chi connectivity index (χ0n) is 17.6. The average molecular weight is 459 g/mol. The van der Waals surface area contributed by atoms with E-state index in [4.69, 9.17) is 21.1 Å². The molecule has 0 aliphatic rings. The van der Waals surface area contributed by atoms with Crippen LogP contribution in [-0.4, -0.2) is 49.2 Å². The molecule has 0 N–H and O–H groups in total. The maximum Gasteiger partial charge on any atom is 0.341 e. The number of rotatable bonds is 7. The molecule has 0 radical (unpaired) electrons. The lowest BCUT2D eigenvalue weighted by Gasteiger charge is -2.19. The van der Waals surface area contributed by atoms with Crippen molar-refractivity contribution in [3.63, 3.8) is 0 Å². The molecule has 1 aromatic carbocycles. The van der Waals surface area contributed by atoms with Crippen LogP contribution in [-0.2, 0) is 4.74 Å². The molecule has 0 aliphatic heterocycles. The van der Waals surface area contributed by atoms with E-state index in [1.54, 1.807) is 29.9 Å². The number of carbonyl (C=O) groups is 1. The third-order valence-electron chi connectivity index (χ3n) is 4.90. The van der Waals surface area contributed by atoms with Crippen LogP contribution in [0.2, 0.25) is 5.02 Å². The number of hydrogen-bond donors (Lipinski definition) is 0. The summed E-state index contributed by atoms with van der Waals surface area (Å²) < 4.78 is 28.1. The standard InChI is InChI=1S/C21H20ClFN6O3/c1-4-17(14-7-6-13(22)8-15(14)23)29-18-16(10-25-29)26-21(27-19(18)31-3)28-11-12(9-24-28)20(30)32-5-2/h6-11,17H,4-5H2,1-3H3. The molecule has 4 rings (SSSR count). The highest BCUT2D eigenvalue weighted by molar-refractivity contribution is 6.30. The second-order valence-corrected chi connectivity index (χ2v) is 7.28. The SMILES string of the molecule is CCOC(=O)c1cnn(-c2nc(OC)c3c(cnn3C(CC)c3ccc(Cl)cc3F)n2)c1. The maximum absolute atomic E-state index is 14.6. The quantitative estimate of drug-likeness (QED) is 0.386. The van der Waals surface area contributed by atoms with Gasteiger partial charge in [-0.1, -0.05) is 24.6 Å². The van der Waals surface area contributed by atoms with Crippen molar-refractivity contribution in [3.8, 4) is 11.8 Å². The van der Waals surface area contributed by atoms with Crippen LogP contribution in [0, 0.1) is 5.82 Å². The van der Waals surface area contributed by atoms with Gasteiger partial charge in [-0.2, -0.15) is 15.2 Å². The summed E-state index contributed by atoms with van der Waals surface area (Å²) in [5.41, 5.74) is 1.71. The van der Waals surface area contributed by atoms with Crippen LogP contribution in [0.5, 0.6) is 5.88 Å². The van der Waals surface area contributed by atoms with Crippen molar-refractivity contribution in [2.75, 3.05) is 13.7 Å². The summed E-state index contributed by atoms with van der Waals surface area (Å²) in [6.45, 7) is 3.90. The Morgan fingerprint density at radius 2 is 2.03 bits per heavy atom. The third kappa shape index (κ3) is 3.89. The van der Waals surface area contributed by atoms with Crippen molar-refractivity contribution in [3.05, 3.63) is 58.8 Å². The predicted molar refractivity (Wildman–Crippen MR) is 115 cm³/mol. The number of ether oxygens (including phenoxy) is 2. The first kappa shape index (κ1) is 21.7. The third-order valence-corrected chi connectivity index (χ3v) is 5.13. The Labute approximate surface area is 187 Å². The first-order chi connectivity index (χ1) is 15.5. The monoisotopic (exact) mass is 458 g/mol. The van der Waals surface area contributed by atoms with E-state index in [2.05, 4.69) is 20.2 Å². The fourth-order valence-corrected chi connectivity index (χ4v) is 3.61. The van der Waals surface area contributed by atoms with Gasteiger partial charge in [0.1, 0.15) is 16.9 Å². The lowest BCUT2D eigenvalue weighted by atomic mass is 10.0. The molecular formula is C21H20ClFN6O3. The van der Waals surface area contributed by atoms with Gasteiger partial charge in [-0.25, -0.2) is 18.9 Å². The molecule has 3 aromatic heterocycles. The summed E-state index contributed by atoms with van der Waals surface area (Å²) in [7, 11) is 1.47. The molecular weight excluding hydrogens is 439 g/mol. The van der Waals surface area contributed by atoms with Crippen LogP contribution in [0.3, 0.4) is 0 Å². The number of fused-ring (bicyclic) bond motifs is 1. The van der Waals surface area contributed by atoms with E-state index in [0.717, 1.165) is 0 Å². The molecule has 11 heteroatoms. The Bertz CT molecular complexity index is 1290. The molecule has 32 heavy (non-hydrogen) atoms. The number of carbonyl (C=O) groups excluding carboxylic acids is 1. The van der Waals surface area contributed by atoms with E-state index in [1.807, 2.05) is 6.92 Å². The van der Waals surface area contributed by atoms with Gasteiger partial charge in [0.2, 0.25) is 5.88 Å². The van der Waals surface area contributed by atoms with Crippen molar-refractivity contribution < 1.29 is 18.7 Å². The Morgan fingerprint density at radius 3 is 2.72 bits per heavy atom. The minimum Gasteiger partial charge on any atom is -0.479 e. The van der Waals surface area contributed by atoms with Crippen LogP contribution in [0.25, 0.3) is 17.0 Å². The molecule has 0 saturated heterocycles. The molecule has 4 aromatic rings. The van der Waals surface area contributed by atoms with E-state index < -0.39 is 17.8 Å². The molecule has 3 heterocycles. The lowest BCUT2D eigenvalue weighted by Crippen LogP contribution is -2.14. The van der Waals surface area contributed by atoms with E-state index in [-0.39, 0.29) is 24.0 Å². The molecule has 0 amide bonds. The van der Waals surface area contributed by atoms with Gasteiger partial charge in [0, 0.05) is 16.8 Å². The van der Waals surface area contributed by atoms with Gasteiger partial charge in [0.05, 0.1) is 37.7 Å². The van der Waals surface area contributed by atoms with Crippen molar-refractivity contribution in [1.82, 2.24) is 29.5 Å². The minimum absolute atomic E-state index is 0.190. The Morgan fingerprint density at radius 1 is 1.22 bits per heavy atom. The Balaban J connectivity index is 1.79. The number of hydrogen-bond acceptors (Lipinski definition) is 7. The number of esters is 1. The lowest BCUT2D eigenvalue weighted by molar-refractivity contribution is 0.0526. The predicted octanol–water partition coefficient (Wildman–Crippen LogP) is 3.99. The van der Waals surface area contributed by atoms with Gasteiger partial charge in [-0.05, 0) is 25.5 Å². The largest absolute Gasteiger partial charge is 0.479 e. The molecule has 9 nitrogen and oxygen atoms in total. The number of benzene rings is 1. The number of halogens is 2. The number of aromatic nitrogens is 6. The second kappa shape index (κ2) is 8.91. The van der Waals surface area contributed by atoms with Crippen molar-refractivity contribution in [2.45, 2.75) is 26.3 Å². The van der Waals surface area contributed by atoms with E-state index in [0.29, 0.717) is 28.0 Å². The zero-order chi connectivity index (χ0) is 22.8. The first-order valence-electron chi connectivity index (χ1n) is 9.93. The molecule has 0 saturated carbocycles. The van der Waals surface area contributed by atoms with Gasteiger partial charge in [-0.15, -0.1) is 0 Å². The molecule has 0 fully saturated rings.